The molecule has 3 aliphatic rings. The molecule has 4 N–H and O–H groups in total. The Morgan fingerprint density at radius 1 is 1.00 bits per heavy atom. The minimum atomic E-state index is -1.55. The first-order valence-corrected chi connectivity index (χ1v) is 14.3. The Bertz CT molecular complexity index is 1870. The van der Waals surface area contributed by atoms with Crippen molar-refractivity contribution in [2.45, 2.75) is 50.4 Å². The fourth-order valence-electron chi connectivity index (χ4n) is 5.52. The van der Waals surface area contributed by atoms with Crippen LogP contribution in [-0.4, -0.2) is 69.1 Å². The number of benzene rings is 2. The number of aryl methyl sites for hydroxylation is 1. The number of H-pyrrole nitrogens is 1. The van der Waals surface area contributed by atoms with Gasteiger partial charge < -0.3 is 34.5 Å². The Balaban J connectivity index is 0.953. The molecule has 0 aliphatic carbocycles. The molecule has 2 unspecified atom stereocenters. The van der Waals surface area contributed by atoms with Crippen LogP contribution in [0.15, 0.2) is 58.3 Å². The third-order valence-electron chi connectivity index (χ3n) is 7.77. The van der Waals surface area contributed by atoms with Gasteiger partial charge in [-0.1, -0.05) is 18.2 Å². The van der Waals surface area contributed by atoms with Gasteiger partial charge in [0.05, 0.1) is 12.2 Å². The molecule has 3 aromatic rings. The molecule has 4 heterocycles. The highest BCUT2D eigenvalue weighted by Crippen LogP contribution is 2.42. The van der Waals surface area contributed by atoms with E-state index in [1.165, 1.54) is 18.2 Å². The number of anilines is 1. The summed E-state index contributed by atoms with van der Waals surface area (Å²) in [7, 11) is 0. The largest absolute Gasteiger partial charge is 0.487 e. The molecule has 0 saturated carbocycles. The average molecular weight is 638 g/mol. The molecule has 6 rings (SSSR count). The summed E-state index contributed by atoms with van der Waals surface area (Å²) < 4.78 is 36.2. The number of hydrogen-bond acceptors (Lipinski definition) is 11. The number of fused-ring (bicyclic) bond motifs is 2. The van der Waals surface area contributed by atoms with Crippen molar-refractivity contribution in [3.05, 3.63) is 97.6 Å². The zero-order valence-electron chi connectivity index (χ0n) is 24.1. The Hall–Kier alpha value is -5.12. The van der Waals surface area contributed by atoms with E-state index in [2.05, 4.69) is 5.32 Å². The lowest BCUT2D eigenvalue weighted by Crippen LogP contribution is -2.37. The number of aliphatic hydroxyl groups is 2. The van der Waals surface area contributed by atoms with Gasteiger partial charge >= 0.3 is 17.6 Å². The maximum Gasteiger partial charge on any atom is 0.330 e. The summed E-state index contributed by atoms with van der Waals surface area (Å²) in [6.07, 6.45) is -4.18. The lowest BCUT2D eigenvalue weighted by Gasteiger charge is -2.16. The van der Waals surface area contributed by atoms with Crippen LogP contribution in [0.1, 0.15) is 41.3 Å². The molecular weight excluding hydrogens is 609 g/mol. The van der Waals surface area contributed by atoms with E-state index in [1.807, 2.05) is 23.2 Å². The molecule has 0 radical (unpaired) electrons. The number of halogens is 1. The molecule has 1 fully saturated rings. The lowest BCUT2D eigenvalue weighted by atomic mass is 9.98. The zero-order valence-corrected chi connectivity index (χ0v) is 24.1. The van der Waals surface area contributed by atoms with Gasteiger partial charge in [0.25, 0.3) is 11.5 Å². The maximum atomic E-state index is 13.9. The number of carbonyl (C=O) groups is 3. The number of aromatic amines is 1. The lowest BCUT2D eigenvalue weighted by molar-refractivity contribution is -0.158. The smallest absolute Gasteiger partial charge is 0.330 e. The van der Waals surface area contributed by atoms with Crippen molar-refractivity contribution in [1.29, 1.82) is 0 Å². The minimum Gasteiger partial charge on any atom is -0.487 e. The molecule has 0 spiro atoms. The van der Waals surface area contributed by atoms with Crippen molar-refractivity contribution >= 4 is 34.9 Å². The third-order valence-corrected chi connectivity index (χ3v) is 7.77. The van der Waals surface area contributed by atoms with E-state index >= 15 is 0 Å². The second-order valence-electron chi connectivity index (χ2n) is 10.9. The summed E-state index contributed by atoms with van der Waals surface area (Å²) in [4.78, 5) is 62.2. The Morgan fingerprint density at radius 3 is 2.61 bits per heavy atom. The van der Waals surface area contributed by atoms with E-state index in [4.69, 9.17) is 18.9 Å². The fourth-order valence-corrected chi connectivity index (χ4v) is 5.52. The quantitative estimate of drug-likeness (QED) is 0.112. The summed E-state index contributed by atoms with van der Waals surface area (Å²) in [6, 6.07) is 10.7. The zero-order chi connectivity index (χ0) is 32.5. The van der Waals surface area contributed by atoms with Gasteiger partial charge in [-0.15, -0.1) is 0 Å². The summed E-state index contributed by atoms with van der Waals surface area (Å²) in [5.41, 5.74) is 2.26. The Morgan fingerprint density at radius 2 is 1.80 bits per heavy atom. The summed E-state index contributed by atoms with van der Waals surface area (Å²) in [6.45, 7) is -0.234. The number of amides is 1. The van der Waals surface area contributed by atoms with Crippen molar-refractivity contribution in [2.75, 3.05) is 18.5 Å². The average Bonchev–Trinajstić information content (AvgIpc) is 3.66. The van der Waals surface area contributed by atoms with Gasteiger partial charge in [-0.2, -0.15) is 0 Å². The maximum absolute atomic E-state index is 13.9. The topological polar surface area (TPSA) is 195 Å². The van der Waals surface area contributed by atoms with Gasteiger partial charge in [-0.05, 0) is 36.6 Å². The third kappa shape index (κ3) is 6.20. The van der Waals surface area contributed by atoms with Crippen LogP contribution in [0.5, 0.6) is 0 Å². The van der Waals surface area contributed by atoms with Crippen LogP contribution in [0.3, 0.4) is 0 Å². The van der Waals surface area contributed by atoms with Crippen LogP contribution in [0.25, 0.3) is 11.3 Å². The van der Waals surface area contributed by atoms with E-state index in [0.717, 1.165) is 33.5 Å². The van der Waals surface area contributed by atoms with E-state index in [-0.39, 0.29) is 24.7 Å². The highest BCUT2D eigenvalue weighted by Gasteiger charge is 2.44. The van der Waals surface area contributed by atoms with Gasteiger partial charge in [0.15, 0.2) is 6.23 Å². The number of hydrogen-bond donors (Lipinski definition) is 4. The highest BCUT2D eigenvalue weighted by atomic mass is 19.1. The van der Waals surface area contributed by atoms with Gasteiger partial charge in [0.2, 0.25) is 0 Å². The summed E-state index contributed by atoms with van der Waals surface area (Å²) in [5.74, 6) is -2.20. The first-order chi connectivity index (χ1) is 22.1. The number of rotatable bonds is 9. The number of nitrogens with one attached hydrogen (secondary N) is 2. The van der Waals surface area contributed by atoms with Crippen molar-refractivity contribution in [3.8, 4) is 0 Å². The van der Waals surface area contributed by atoms with Crippen molar-refractivity contribution in [1.82, 2.24) is 9.55 Å². The van der Waals surface area contributed by atoms with Gasteiger partial charge in [0.1, 0.15) is 49.5 Å². The summed E-state index contributed by atoms with van der Waals surface area (Å²) in [5, 5.41) is 23.2. The number of ether oxygens (including phenoxy) is 4. The molecule has 2 aromatic carbocycles. The predicted molar refractivity (Wildman–Crippen MR) is 155 cm³/mol. The number of nitrogens with zero attached hydrogens (tertiary/aromatic N) is 1. The minimum absolute atomic E-state index is 0.0315. The number of carbonyl (C=O) groups excluding carboxylic acids is 3. The van der Waals surface area contributed by atoms with E-state index in [0.29, 0.717) is 29.9 Å². The molecule has 240 valence electrons. The van der Waals surface area contributed by atoms with E-state index in [9.17, 15) is 38.6 Å². The SMILES string of the molecule is O=C(CC(=O)OC[C@@H]1O[C@H](n2ccc(=O)[nH]c2=O)C(O)C1O)OCCCc1ccc2c(c1)CO/C2=C1/C(=O)Nc2ccc(F)cc21. The highest BCUT2D eigenvalue weighted by molar-refractivity contribution is 6.36. The van der Waals surface area contributed by atoms with Crippen LogP contribution in [0, 0.1) is 5.82 Å². The first kappa shape index (κ1) is 30.9. The second-order valence-corrected chi connectivity index (χ2v) is 10.9. The molecule has 14 nitrogen and oxygen atoms in total. The van der Waals surface area contributed by atoms with Crippen LogP contribution in [0.2, 0.25) is 0 Å². The molecule has 1 aromatic heterocycles. The standard InChI is InChI=1S/C31H28FN3O11/c32-17-4-6-20-19(11-17)25(29(41)33-20)28-18-5-3-15(10-16(18)13-45-28)2-1-9-43-23(37)12-24(38)44-14-21-26(39)27(40)30(46-21)35-8-7-22(36)34-31(35)42/h3-8,10-11,21,26-27,30,39-40H,1-2,9,12-14H2,(H,33,41)(H,34,36,42)/b28-25+/t21-,26?,27?,30-/m0/s1. The van der Waals surface area contributed by atoms with E-state index < -0.39 is 66.6 Å². The normalized spacial score (nSPS) is 23.0. The molecule has 1 amide bonds. The van der Waals surface area contributed by atoms with Gasteiger partial charge in [-0.25, -0.2) is 9.18 Å². The molecule has 3 aliphatic heterocycles. The molecule has 46 heavy (non-hydrogen) atoms. The molecule has 15 heteroatoms. The Labute approximate surface area is 259 Å². The van der Waals surface area contributed by atoms with Gasteiger partial charge in [0, 0.05) is 34.6 Å². The second kappa shape index (κ2) is 12.7. The van der Waals surface area contributed by atoms with Crippen LogP contribution in [-0.2, 0) is 46.4 Å². The van der Waals surface area contributed by atoms with Crippen molar-refractivity contribution in [3.63, 3.8) is 0 Å². The Kier molecular flexibility index (Phi) is 8.53. The molecular formula is C31H28FN3O11. The van der Waals surface area contributed by atoms with Crippen molar-refractivity contribution < 1.29 is 47.9 Å². The first-order valence-electron chi connectivity index (χ1n) is 14.3. The van der Waals surface area contributed by atoms with E-state index in [1.54, 1.807) is 0 Å². The predicted octanol–water partition coefficient (Wildman–Crippen LogP) is 0.755. The van der Waals surface area contributed by atoms with Crippen LogP contribution in [0.4, 0.5) is 10.1 Å². The molecule has 1 saturated heterocycles. The monoisotopic (exact) mass is 637 g/mol. The van der Waals surface area contributed by atoms with Crippen molar-refractivity contribution in [2.24, 2.45) is 0 Å². The van der Waals surface area contributed by atoms with Gasteiger partial charge in [-0.3, -0.25) is 28.7 Å². The number of aliphatic hydroxyl groups excluding tert-OH is 2. The number of esters is 2. The fraction of sp³-hybridized carbons (Fsp3) is 0.323. The summed E-state index contributed by atoms with van der Waals surface area (Å²) >= 11 is 0. The number of aromatic nitrogens is 2. The molecule has 0 bridgehead atoms. The molecule has 4 atom stereocenters. The van der Waals surface area contributed by atoms with Crippen LogP contribution >= 0.6 is 0 Å². The van der Waals surface area contributed by atoms with Crippen LogP contribution < -0.4 is 16.6 Å².